The second-order valence-corrected chi connectivity index (χ2v) is 4.94. The summed E-state index contributed by atoms with van der Waals surface area (Å²) in [5.74, 6) is 1.20. The molecule has 90 valence electrons. The monoisotopic (exact) mass is 229 g/mol. The number of rotatable bonds is 1. The van der Waals surface area contributed by atoms with E-state index < -0.39 is 0 Å². The SMILES string of the molecule is Cc1nc(C)c2c(C)c(C)nc(C(C)C)c2n1. The summed E-state index contributed by atoms with van der Waals surface area (Å²) in [5.41, 5.74) is 5.43. The van der Waals surface area contributed by atoms with Gasteiger partial charge >= 0.3 is 0 Å². The van der Waals surface area contributed by atoms with Gasteiger partial charge in [-0.25, -0.2) is 9.97 Å². The molecule has 0 aliphatic heterocycles. The molecular formula is C14H19N3. The fraction of sp³-hybridized carbons (Fsp3) is 0.500. The molecule has 0 aliphatic rings. The minimum atomic E-state index is 0.380. The Morgan fingerprint density at radius 3 is 2.06 bits per heavy atom. The Balaban J connectivity index is 2.98. The molecular weight excluding hydrogens is 210 g/mol. The molecule has 2 heterocycles. The Kier molecular flexibility index (Phi) is 2.86. The Bertz CT molecular complexity index is 586. The van der Waals surface area contributed by atoms with E-state index >= 15 is 0 Å². The van der Waals surface area contributed by atoms with Gasteiger partial charge in [0.05, 0.1) is 11.2 Å². The number of fused-ring (bicyclic) bond motifs is 1. The standard InChI is InChI=1S/C14H19N3/c1-7(2)13-14-12(8(3)9(4)16-13)10(5)15-11(6)17-14/h7H,1-6H3. The van der Waals surface area contributed by atoms with Crippen LogP contribution in [0.5, 0.6) is 0 Å². The van der Waals surface area contributed by atoms with Crippen LogP contribution in [0.2, 0.25) is 0 Å². The van der Waals surface area contributed by atoms with Crippen molar-refractivity contribution in [1.29, 1.82) is 0 Å². The maximum Gasteiger partial charge on any atom is 0.126 e. The zero-order valence-corrected chi connectivity index (χ0v) is 11.4. The first-order valence-electron chi connectivity index (χ1n) is 6.04. The quantitative estimate of drug-likeness (QED) is 0.752. The average molecular weight is 229 g/mol. The van der Waals surface area contributed by atoms with Crippen LogP contribution in [0.3, 0.4) is 0 Å². The normalized spacial score (nSPS) is 11.5. The van der Waals surface area contributed by atoms with E-state index in [1.165, 1.54) is 10.9 Å². The molecule has 0 atom stereocenters. The summed E-state index contributed by atoms with van der Waals surface area (Å²) in [6.45, 7) is 12.5. The highest BCUT2D eigenvalue weighted by atomic mass is 14.9. The van der Waals surface area contributed by atoms with Gasteiger partial charge < -0.3 is 0 Å². The first kappa shape index (κ1) is 12.0. The van der Waals surface area contributed by atoms with Gasteiger partial charge in [0.1, 0.15) is 5.82 Å². The molecule has 2 aromatic heterocycles. The summed E-state index contributed by atoms with van der Waals surface area (Å²) in [7, 11) is 0. The molecule has 0 fully saturated rings. The molecule has 3 nitrogen and oxygen atoms in total. The van der Waals surface area contributed by atoms with Crippen LogP contribution in [0.25, 0.3) is 10.9 Å². The molecule has 0 saturated carbocycles. The fourth-order valence-electron chi connectivity index (χ4n) is 2.25. The lowest BCUT2D eigenvalue weighted by atomic mass is 10.0. The predicted octanol–water partition coefficient (Wildman–Crippen LogP) is 3.38. The van der Waals surface area contributed by atoms with Crippen LogP contribution >= 0.6 is 0 Å². The molecule has 0 aromatic carbocycles. The highest BCUT2D eigenvalue weighted by Crippen LogP contribution is 2.27. The van der Waals surface area contributed by atoms with Crippen molar-refractivity contribution in [3.8, 4) is 0 Å². The lowest BCUT2D eigenvalue weighted by Gasteiger charge is -2.14. The Labute approximate surface area is 102 Å². The van der Waals surface area contributed by atoms with E-state index in [4.69, 9.17) is 4.98 Å². The van der Waals surface area contributed by atoms with Gasteiger partial charge in [-0.15, -0.1) is 0 Å². The number of aromatic nitrogens is 3. The van der Waals surface area contributed by atoms with E-state index in [2.05, 4.69) is 37.7 Å². The van der Waals surface area contributed by atoms with E-state index in [9.17, 15) is 0 Å². The second-order valence-electron chi connectivity index (χ2n) is 4.94. The van der Waals surface area contributed by atoms with Gasteiger partial charge in [0.2, 0.25) is 0 Å². The van der Waals surface area contributed by atoms with E-state index in [0.717, 1.165) is 28.4 Å². The van der Waals surface area contributed by atoms with Crippen LogP contribution in [-0.2, 0) is 0 Å². The Hall–Kier alpha value is -1.51. The maximum atomic E-state index is 4.69. The largest absolute Gasteiger partial charge is 0.255 e. The molecule has 0 N–H and O–H groups in total. The molecule has 0 aliphatic carbocycles. The summed E-state index contributed by atoms with van der Waals surface area (Å²) in [4.78, 5) is 13.7. The first-order valence-corrected chi connectivity index (χ1v) is 6.04. The number of nitrogens with zero attached hydrogens (tertiary/aromatic N) is 3. The third-order valence-electron chi connectivity index (χ3n) is 3.20. The molecule has 0 radical (unpaired) electrons. The molecule has 0 saturated heterocycles. The fourth-order valence-corrected chi connectivity index (χ4v) is 2.25. The number of pyridine rings is 1. The number of aryl methyl sites for hydroxylation is 4. The molecule has 3 heteroatoms. The third-order valence-corrected chi connectivity index (χ3v) is 3.20. The molecule has 2 rings (SSSR count). The van der Waals surface area contributed by atoms with Gasteiger partial charge in [-0.2, -0.15) is 0 Å². The molecule has 0 spiro atoms. The number of hydrogen-bond donors (Lipinski definition) is 0. The van der Waals surface area contributed by atoms with Gasteiger partial charge in [0, 0.05) is 16.8 Å². The lowest BCUT2D eigenvalue weighted by molar-refractivity contribution is 0.818. The van der Waals surface area contributed by atoms with Crippen molar-refractivity contribution in [1.82, 2.24) is 15.0 Å². The summed E-state index contributed by atoms with van der Waals surface area (Å²) in [6, 6.07) is 0. The summed E-state index contributed by atoms with van der Waals surface area (Å²) in [5, 5.41) is 1.17. The maximum absolute atomic E-state index is 4.69. The lowest BCUT2D eigenvalue weighted by Crippen LogP contribution is -2.05. The van der Waals surface area contributed by atoms with Crippen LogP contribution in [0.15, 0.2) is 0 Å². The molecule has 0 unspecified atom stereocenters. The number of hydrogen-bond acceptors (Lipinski definition) is 3. The van der Waals surface area contributed by atoms with E-state index in [0.29, 0.717) is 5.92 Å². The highest BCUT2D eigenvalue weighted by Gasteiger charge is 2.15. The van der Waals surface area contributed by atoms with Gasteiger partial charge in [-0.3, -0.25) is 4.98 Å². The van der Waals surface area contributed by atoms with Crippen molar-refractivity contribution in [2.45, 2.75) is 47.5 Å². The van der Waals surface area contributed by atoms with Crippen LogP contribution < -0.4 is 0 Å². The van der Waals surface area contributed by atoms with Gasteiger partial charge in [-0.1, -0.05) is 13.8 Å². The van der Waals surface area contributed by atoms with Crippen LogP contribution in [0.4, 0.5) is 0 Å². The summed E-state index contributed by atoms with van der Waals surface area (Å²) >= 11 is 0. The van der Waals surface area contributed by atoms with Crippen molar-refractivity contribution in [3.63, 3.8) is 0 Å². The molecule has 0 bridgehead atoms. The topological polar surface area (TPSA) is 38.7 Å². The van der Waals surface area contributed by atoms with Gasteiger partial charge in [0.15, 0.2) is 0 Å². The predicted molar refractivity (Wildman–Crippen MR) is 70.4 cm³/mol. The van der Waals surface area contributed by atoms with Crippen LogP contribution in [-0.4, -0.2) is 15.0 Å². The van der Waals surface area contributed by atoms with Crippen LogP contribution in [0, 0.1) is 27.7 Å². The minimum absolute atomic E-state index is 0.380. The zero-order chi connectivity index (χ0) is 12.7. The zero-order valence-electron chi connectivity index (χ0n) is 11.4. The summed E-state index contributed by atoms with van der Waals surface area (Å²) in [6.07, 6.45) is 0. The van der Waals surface area contributed by atoms with Crippen molar-refractivity contribution in [2.24, 2.45) is 0 Å². The highest BCUT2D eigenvalue weighted by molar-refractivity contribution is 5.86. The minimum Gasteiger partial charge on any atom is -0.255 e. The Morgan fingerprint density at radius 2 is 1.47 bits per heavy atom. The van der Waals surface area contributed by atoms with E-state index in [1.807, 2.05) is 13.8 Å². The first-order chi connectivity index (χ1) is 7.91. The van der Waals surface area contributed by atoms with Gasteiger partial charge in [-0.05, 0) is 39.2 Å². The van der Waals surface area contributed by atoms with Crippen molar-refractivity contribution >= 4 is 10.9 Å². The Morgan fingerprint density at radius 1 is 0.824 bits per heavy atom. The van der Waals surface area contributed by atoms with E-state index in [-0.39, 0.29) is 0 Å². The second kappa shape index (κ2) is 4.06. The van der Waals surface area contributed by atoms with Crippen LogP contribution in [0.1, 0.15) is 48.2 Å². The molecule has 2 aromatic rings. The van der Waals surface area contributed by atoms with E-state index in [1.54, 1.807) is 0 Å². The summed E-state index contributed by atoms with van der Waals surface area (Å²) < 4.78 is 0. The van der Waals surface area contributed by atoms with Crippen molar-refractivity contribution < 1.29 is 0 Å². The average Bonchev–Trinajstić information content (AvgIpc) is 2.21. The van der Waals surface area contributed by atoms with Gasteiger partial charge in [0.25, 0.3) is 0 Å². The van der Waals surface area contributed by atoms with Crippen molar-refractivity contribution in [2.75, 3.05) is 0 Å². The molecule has 0 amide bonds. The molecule has 17 heavy (non-hydrogen) atoms. The van der Waals surface area contributed by atoms with Crippen molar-refractivity contribution in [3.05, 3.63) is 28.5 Å². The smallest absolute Gasteiger partial charge is 0.126 e. The third kappa shape index (κ3) is 1.90.